The third-order valence-corrected chi connectivity index (χ3v) is 1.45. The fourth-order valence-corrected chi connectivity index (χ4v) is 0.898. The van der Waals surface area contributed by atoms with Gasteiger partial charge < -0.3 is 10.1 Å². The van der Waals surface area contributed by atoms with Crippen LogP contribution in [0, 0.1) is 15.9 Å². The average Bonchev–Trinajstić information content (AvgIpc) is 2.12. The topological polar surface area (TPSA) is 55.5 Å². The van der Waals surface area contributed by atoms with Gasteiger partial charge in [0.1, 0.15) is 6.54 Å². The molecule has 1 aliphatic heterocycles. The van der Waals surface area contributed by atoms with Crippen molar-refractivity contribution in [3.63, 3.8) is 0 Å². The molecule has 0 aliphatic carbocycles. The zero-order chi connectivity index (χ0) is 5.98. The van der Waals surface area contributed by atoms with Gasteiger partial charge in [-0.05, 0) is 16.7 Å². The van der Waals surface area contributed by atoms with Crippen LogP contribution in [0.2, 0.25) is 0 Å². The zero-order valence-electron chi connectivity index (χ0n) is 3.90. The number of nitrogens with zero attached hydrogens (tertiary/aromatic N) is 2. The summed E-state index contributed by atoms with van der Waals surface area (Å²) in [6.45, 7) is 0.473. The molecule has 1 rings (SSSR count). The molecule has 1 radical (unpaired) electrons. The van der Waals surface area contributed by atoms with Crippen LogP contribution in [-0.2, 0) is 0 Å². The van der Waals surface area contributed by atoms with E-state index in [1.54, 1.807) is 5.75 Å². The number of nitro groups is 1. The summed E-state index contributed by atoms with van der Waals surface area (Å²) in [6, 6.07) is 0. The van der Waals surface area contributed by atoms with Gasteiger partial charge in [0.05, 0.1) is 5.75 Å². The lowest BCUT2D eigenvalue weighted by molar-refractivity contribution is -0.343. The SMILES string of the molecule is O=[N+]([O-])C1=NC[CH]S1. The summed E-state index contributed by atoms with van der Waals surface area (Å²) < 4.78 is 0. The van der Waals surface area contributed by atoms with E-state index in [2.05, 4.69) is 4.99 Å². The van der Waals surface area contributed by atoms with E-state index in [4.69, 9.17) is 0 Å². The molecule has 0 aromatic heterocycles. The number of hydrogen-bond acceptors (Lipinski definition) is 4. The van der Waals surface area contributed by atoms with Gasteiger partial charge in [-0.2, -0.15) is 0 Å². The molecule has 43 valence electrons. The maximum atomic E-state index is 9.84. The minimum atomic E-state index is -0.478. The maximum Gasteiger partial charge on any atom is 0.395 e. The lowest BCUT2D eigenvalue weighted by Crippen LogP contribution is -2.02. The molecule has 0 spiro atoms. The lowest BCUT2D eigenvalue weighted by Gasteiger charge is -1.85. The largest absolute Gasteiger partial charge is 0.395 e. The Morgan fingerprint density at radius 2 is 2.75 bits per heavy atom. The molecular formula is C3H3N2O2S. The Hall–Kier alpha value is -0.580. The van der Waals surface area contributed by atoms with Crippen LogP contribution in [0.15, 0.2) is 4.99 Å². The van der Waals surface area contributed by atoms with E-state index in [1.165, 1.54) is 0 Å². The van der Waals surface area contributed by atoms with Crippen molar-refractivity contribution in [2.75, 3.05) is 6.54 Å². The molecule has 0 aromatic rings. The number of hydrogen-bond donors (Lipinski definition) is 0. The third kappa shape index (κ3) is 0.975. The van der Waals surface area contributed by atoms with E-state index >= 15 is 0 Å². The van der Waals surface area contributed by atoms with Gasteiger partial charge in [-0.15, -0.1) is 0 Å². The smallest absolute Gasteiger partial charge is 0.357 e. The van der Waals surface area contributed by atoms with Crippen molar-refractivity contribution in [1.29, 1.82) is 0 Å². The second kappa shape index (κ2) is 2.13. The van der Waals surface area contributed by atoms with Gasteiger partial charge in [0.2, 0.25) is 0 Å². The molecule has 0 bridgehead atoms. The van der Waals surface area contributed by atoms with Gasteiger partial charge in [-0.1, -0.05) is 4.99 Å². The van der Waals surface area contributed by atoms with Gasteiger partial charge in [0.25, 0.3) is 0 Å². The van der Waals surface area contributed by atoms with Gasteiger partial charge in [-0.25, -0.2) is 0 Å². The summed E-state index contributed by atoms with van der Waals surface area (Å²) in [7, 11) is 0. The molecule has 1 aliphatic rings. The Morgan fingerprint density at radius 1 is 2.00 bits per heavy atom. The normalized spacial score (nSPS) is 18.2. The quantitative estimate of drug-likeness (QED) is 0.356. The highest BCUT2D eigenvalue weighted by molar-refractivity contribution is 8.15. The zero-order valence-corrected chi connectivity index (χ0v) is 4.72. The van der Waals surface area contributed by atoms with E-state index in [9.17, 15) is 10.1 Å². The second-order valence-electron chi connectivity index (χ2n) is 1.16. The summed E-state index contributed by atoms with van der Waals surface area (Å²) in [6.07, 6.45) is 0. The molecule has 0 aromatic carbocycles. The molecule has 4 nitrogen and oxygen atoms in total. The Kier molecular flexibility index (Phi) is 1.48. The van der Waals surface area contributed by atoms with Crippen LogP contribution in [0.1, 0.15) is 0 Å². The van der Waals surface area contributed by atoms with Crippen molar-refractivity contribution in [3.05, 3.63) is 15.9 Å². The molecule has 0 atom stereocenters. The maximum absolute atomic E-state index is 9.84. The monoisotopic (exact) mass is 131 g/mol. The summed E-state index contributed by atoms with van der Waals surface area (Å²) in [5.74, 6) is 1.69. The summed E-state index contributed by atoms with van der Waals surface area (Å²) in [5, 5.41) is 9.84. The van der Waals surface area contributed by atoms with Crippen LogP contribution in [0.25, 0.3) is 0 Å². The van der Waals surface area contributed by atoms with Gasteiger partial charge >= 0.3 is 5.17 Å². The molecule has 0 fully saturated rings. The van der Waals surface area contributed by atoms with Crippen molar-refractivity contribution in [1.82, 2.24) is 0 Å². The van der Waals surface area contributed by atoms with E-state index in [-0.39, 0.29) is 5.17 Å². The summed E-state index contributed by atoms with van der Waals surface area (Å²) in [4.78, 5) is 12.9. The summed E-state index contributed by atoms with van der Waals surface area (Å²) >= 11 is 1.08. The van der Waals surface area contributed by atoms with Gasteiger partial charge in [0.15, 0.2) is 0 Å². The predicted octanol–water partition coefficient (Wildman–Crippen LogP) is 0.528. The number of amidine groups is 1. The Bertz CT molecular complexity index is 144. The van der Waals surface area contributed by atoms with Crippen LogP contribution >= 0.6 is 11.8 Å². The fraction of sp³-hybridized carbons (Fsp3) is 0.333. The molecule has 8 heavy (non-hydrogen) atoms. The Labute approximate surface area is 50.1 Å². The van der Waals surface area contributed by atoms with Crippen molar-refractivity contribution in [2.45, 2.75) is 0 Å². The van der Waals surface area contributed by atoms with Crippen molar-refractivity contribution in [2.24, 2.45) is 4.99 Å². The van der Waals surface area contributed by atoms with Crippen LogP contribution in [0.3, 0.4) is 0 Å². The van der Waals surface area contributed by atoms with Crippen LogP contribution in [-0.4, -0.2) is 16.6 Å². The van der Waals surface area contributed by atoms with Gasteiger partial charge in [0, 0.05) is 0 Å². The minimum Gasteiger partial charge on any atom is -0.357 e. The molecule has 1 heterocycles. The second-order valence-corrected chi connectivity index (χ2v) is 2.10. The fourth-order valence-electron chi connectivity index (χ4n) is 0.365. The predicted molar refractivity (Wildman–Crippen MR) is 31.2 cm³/mol. The molecule has 0 saturated heterocycles. The van der Waals surface area contributed by atoms with Crippen LogP contribution < -0.4 is 0 Å². The van der Waals surface area contributed by atoms with Crippen LogP contribution in [0.5, 0.6) is 0 Å². The Morgan fingerprint density at radius 3 is 3.00 bits per heavy atom. The summed E-state index contributed by atoms with van der Waals surface area (Å²) in [5.41, 5.74) is 0. The average molecular weight is 131 g/mol. The highest BCUT2D eigenvalue weighted by Gasteiger charge is 2.18. The third-order valence-electron chi connectivity index (χ3n) is 0.646. The highest BCUT2D eigenvalue weighted by atomic mass is 32.2. The van der Waals surface area contributed by atoms with Crippen LogP contribution in [0.4, 0.5) is 0 Å². The van der Waals surface area contributed by atoms with Crippen molar-refractivity contribution < 1.29 is 4.92 Å². The minimum absolute atomic E-state index is 0.00463. The molecular weight excluding hydrogens is 128 g/mol. The molecule has 0 unspecified atom stereocenters. The first-order valence-corrected chi connectivity index (χ1v) is 2.86. The van der Waals surface area contributed by atoms with Crippen molar-refractivity contribution in [3.8, 4) is 0 Å². The number of aliphatic imine (C=N–C) groups is 1. The first kappa shape index (κ1) is 5.55. The first-order chi connectivity index (χ1) is 3.80. The van der Waals surface area contributed by atoms with E-state index in [1.807, 2.05) is 0 Å². The van der Waals surface area contributed by atoms with Gasteiger partial charge in [-0.3, -0.25) is 0 Å². The van der Waals surface area contributed by atoms with Crippen molar-refractivity contribution >= 4 is 16.9 Å². The molecule has 0 saturated carbocycles. The van der Waals surface area contributed by atoms with E-state index < -0.39 is 4.92 Å². The van der Waals surface area contributed by atoms with E-state index in [0.29, 0.717) is 6.54 Å². The van der Waals surface area contributed by atoms with E-state index in [0.717, 1.165) is 11.8 Å². The molecule has 5 heteroatoms. The molecule has 0 amide bonds. The molecule has 0 N–H and O–H groups in total. The number of thioether (sulfide) groups is 1. The standard InChI is InChI=1S/C3H3N2O2S/c6-5(7)3-4-1-2-8-3/h2H,1H2. The Balaban J connectivity index is 2.57. The number of rotatable bonds is 0. The first-order valence-electron chi connectivity index (χ1n) is 1.98. The highest BCUT2D eigenvalue weighted by Crippen LogP contribution is 2.15. The lowest BCUT2D eigenvalue weighted by atomic mass is 10.8.